The van der Waals surface area contributed by atoms with Gasteiger partial charge in [-0.3, -0.25) is 13.9 Å². The van der Waals surface area contributed by atoms with Crippen LogP contribution in [0, 0.1) is 0 Å². The van der Waals surface area contributed by atoms with E-state index in [9.17, 15) is 18.0 Å². The van der Waals surface area contributed by atoms with E-state index in [2.05, 4.69) is 5.32 Å². The number of rotatable bonds is 13. The second-order valence-corrected chi connectivity index (χ2v) is 11.7. The van der Waals surface area contributed by atoms with Crippen molar-refractivity contribution in [1.29, 1.82) is 0 Å². The quantitative estimate of drug-likeness (QED) is 0.369. The molecule has 0 saturated carbocycles. The summed E-state index contributed by atoms with van der Waals surface area (Å²) in [4.78, 5) is 27.5. The molecule has 0 aliphatic heterocycles. The minimum absolute atomic E-state index is 0.0353. The van der Waals surface area contributed by atoms with E-state index in [4.69, 9.17) is 27.9 Å². The first kappa shape index (κ1) is 30.7. The van der Waals surface area contributed by atoms with Crippen LogP contribution in [0.3, 0.4) is 0 Å². The molecule has 0 saturated heterocycles. The highest BCUT2D eigenvalue weighted by Gasteiger charge is 2.27. The number of amides is 2. The molecule has 1 atom stereocenters. The molecule has 0 aromatic heterocycles. The van der Waals surface area contributed by atoms with Crippen LogP contribution >= 0.6 is 23.2 Å². The lowest BCUT2D eigenvalue weighted by molar-refractivity contribution is -0.140. The van der Waals surface area contributed by atoms with Gasteiger partial charge in [-0.2, -0.15) is 0 Å². The molecule has 11 heteroatoms. The van der Waals surface area contributed by atoms with Gasteiger partial charge in [0.05, 0.1) is 18.6 Å². The highest BCUT2D eigenvalue weighted by atomic mass is 35.5. The maximum Gasteiger partial charge on any atom is 0.242 e. The molecule has 0 aliphatic carbocycles. The summed E-state index contributed by atoms with van der Waals surface area (Å²) in [5.41, 5.74) is 1.13. The summed E-state index contributed by atoms with van der Waals surface area (Å²) >= 11 is 12.3. The Morgan fingerprint density at radius 2 is 1.70 bits per heavy atom. The molecule has 0 fully saturated rings. The summed E-state index contributed by atoms with van der Waals surface area (Å²) in [7, 11) is -3.59. The number of carbonyl (C=O) groups excluding carboxylic acids is 2. The highest BCUT2D eigenvalue weighted by molar-refractivity contribution is 7.92. The van der Waals surface area contributed by atoms with Crippen molar-refractivity contribution in [3.63, 3.8) is 0 Å². The Bertz CT molecular complexity index is 1170. The molecule has 2 rings (SSSR count). The van der Waals surface area contributed by atoms with Crippen molar-refractivity contribution in [3.8, 4) is 5.75 Å². The third-order valence-electron chi connectivity index (χ3n) is 5.54. The Labute approximate surface area is 229 Å². The van der Waals surface area contributed by atoms with Gasteiger partial charge in [-0.25, -0.2) is 8.42 Å². The largest absolute Gasteiger partial charge is 0.494 e. The maximum absolute atomic E-state index is 13.3. The first-order valence-electron chi connectivity index (χ1n) is 12.1. The maximum atomic E-state index is 13.3. The minimum atomic E-state index is -3.59. The predicted octanol–water partition coefficient (Wildman–Crippen LogP) is 4.88. The van der Waals surface area contributed by atoms with Crippen molar-refractivity contribution in [2.45, 2.75) is 59.2 Å². The van der Waals surface area contributed by atoms with Gasteiger partial charge in [0.2, 0.25) is 21.8 Å². The van der Waals surface area contributed by atoms with Gasteiger partial charge in [-0.05, 0) is 76.1 Å². The first-order chi connectivity index (χ1) is 17.3. The summed E-state index contributed by atoms with van der Waals surface area (Å²) in [6.07, 6.45) is 1.41. The van der Waals surface area contributed by atoms with Gasteiger partial charge in [0.1, 0.15) is 11.8 Å². The van der Waals surface area contributed by atoms with Crippen LogP contribution in [0.2, 0.25) is 10.0 Å². The van der Waals surface area contributed by atoms with Crippen LogP contribution in [-0.4, -0.2) is 56.6 Å². The van der Waals surface area contributed by atoms with Crippen molar-refractivity contribution in [2.24, 2.45) is 0 Å². The Kier molecular flexibility index (Phi) is 11.5. The van der Waals surface area contributed by atoms with Crippen LogP contribution in [0.5, 0.6) is 5.75 Å². The van der Waals surface area contributed by atoms with Crippen molar-refractivity contribution in [1.82, 2.24) is 10.2 Å². The standard InChI is InChI=1S/C26H35Cl2N3O5S/c1-6-36-23-13-11-22(12-14-23)31(37(5,34)35)15-7-8-25(32)30(19(4)26(33)29-18(2)3)17-20-9-10-21(27)16-24(20)28/h9-14,16,18-19H,6-8,15,17H2,1-5H3,(H,29,33). The fourth-order valence-electron chi connectivity index (χ4n) is 3.70. The second kappa shape index (κ2) is 13.9. The van der Waals surface area contributed by atoms with E-state index in [1.54, 1.807) is 49.4 Å². The molecule has 2 aromatic carbocycles. The van der Waals surface area contributed by atoms with Gasteiger partial charge in [-0.1, -0.05) is 29.3 Å². The number of hydrogen-bond acceptors (Lipinski definition) is 5. The molecular weight excluding hydrogens is 537 g/mol. The summed E-state index contributed by atoms with van der Waals surface area (Å²) in [6, 6.07) is 10.9. The molecular formula is C26H35Cl2N3O5S. The van der Waals surface area contributed by atoms with Crippen molar-refractivity contribution >= 4 is 50.7 Å². The molecule has 204 valence electrons. The van der Waals surface area contributed by atoms with Gasteiger partial charge in [0, 0.05) is 35.6 Å². The summed E-state index contributed by atoms with van der Waals surface area (Å²) in [6.45, 7) is 7.91. The zero-order chi connectivity index (χ0) is 27.8. The van der Waals surface area contributed by atoms with Crippen molar-refractivity contribution in [3.05, 3.63) is 58.1 Å². The molecule has 2 aromatic rings. The number of benzene rings is 2. The van der Waals surface area contributed by atoms with Crippen molar-refractivity contribution in [2.75, 3.05) is 23.7 Å². The molecule has 2 amide bonds. The van der Waals surface area contributed by atoms with E-state index in [1.807, 2.05) is 20.8 Å². The van der Waals surface area contributed by atoms with E-state index in [1.165, 1.54) is 9.21 Å². The molecule has 0 spiro atoms. The zero-order valence-electron chi connectivity index (χ0n) is 21.8. The lowest BCUT2D eigenvalue weighted by Crippen LogP contribution is -2.49. The molecule has 0 bridgehead atoms. The van der Waals surface area contributed by atoms with Gasteiger partial charge < -0.3 is 15.0 Å². The van der Waals surface area contributed by atoms with Crippen LogP contribution in [0.1, 0.15) is 46.1 Å². The Hall–Kier alpha value is -2.49. The molecule has 0 heterocycles. The Balaban J connectivity index is 2.19. The van der Waals surface area contributed by atoms with Gasteiger partial charge >= 0.3 is 0 Å². The lowest BCUT2D eigenvalue weighted by atomic mass is 10.1. The number of nitrogens with one attached hydrogen (secondary N) is 1. The molecule has 0 radical (unpaired) electrons. The van der Waals surface area contributed by atoms with E-state index < -0.39 is 16.1 Å². The number of ether oxygens (including phenoxy) is 1. The van der Waals surface area contributed by atoms with Gasteiger partial charge in [0.25, 0.3) is 0 Å². The van der Waals surface area contributed by atoms with Crippen LogP contribution in [0.15, 0.2) is 42.5 Å². The average Bonchev–Trinajstić information content (AvgIpc) is 2.80. The van der Waals surface area contributed by atoms with Crippen LogP contribution in [-0.2, 0) is 26.2 Å². The van der Waals surface area contributed by atoms with Crippen molar-refractivity contribution < 1.29 is 22.7 Å². The van der Waals surface area contributed by atoms with Crippen LogP contribution < -0.4 is 14.4 Å². The van der Waals surface area contributed by atoms with Crippen LogP contribution in [0.4, 0.5) is 5.69 Å². The third-order valence-corrected chi connectivity index (χ3v) is 7.32. The fourth-order valence-corrected chi connectivity index (χ4v) is 5.13. The fraction of sp³-hybridized carbons (Fsp3) is 0.462. The molecule has 37 heavy (non-hydrogen) atoms. The summed E-state index contributed by atoms with van der Waals surface area (Å²) < 4.78 is 31.6. The SMILES string of the molecule is CCOc1ccc(N(CCCC(=O)N(Cc2ccc(Cl)cc2Cl)C(C)C(=O)NC(C)C)S(C)(=O)=O)cc1. The number of anilines is 1. The summed E-state index contributed by atoms with van der Waals surface area (Å²) in [5.74, 6) is 0.0539. The second-order valence-electron chi connectivity index (χ2n) is 8.96. The topological polar surface area (TPSA) is 96.0 Å². The number of nitrogens with zero attached hydrogens (tertiary/aromatic N) is 2. The first-order valence-corrected chi connectivity index (χ1v) is 14.7. The number of hydrogen-bond donors (Lipinski definition) is 1. The lowest BCUT2D eigenvalue weighted by Gasteiger charge is -2.30. The number of sulfonamides is 1. The molecule has 0 aliphatic rings. The van der Waals surface area contributed by atoms with E-state index in [-0.39, 0.29) is 43.8 Å². The van der Waals surface area contributed by atoms with Crippen LogP contribution in [0.25, 0.3) is 0 Å². The summed E-state index contributed by atoms with van der Waals surface area (Å²) in [5, 5.41) is 3.69. The van der Waals surface area contributed by atoms with Gasteiger partial charge in [0.15, 0.2) is 0 Å². The predicted molar refractivity (Wildman–Crippen MR) is 149 cm³/mol. The number of carbonyl (C=O) groups is 2. The Morgan fingerprint density at radius 3 is 2.24 bits per heavy atom. The van der Waals surface area contributed by atoms with E-state index >= 15 is 0 Å². The third kappa shape index (κ3) is 9.39. The Morgan fingerprint density at radius 1 is 1.05 bits per heavy atom. The van der Waals surface area contributed by atoms with Gasteiger partial charge in [-0.15, -0.1) is 0 Å². The minimum Gasteiger partial charge on any atom is -0.494 e. The normalized spacial score (nSPS) is 12.2. The molecule has 1 unspecified atom stereocenters. The van der Waals surface area contributed by atoms with E-state index in [0.717, 1.165) is 6.26 Å². The monoisotopic (exact) mass is 571 g/mol. The zero-order valence-corrected chi connectivity index (χ0v) is 24.2. The smallest absolute Gasteiger partial charge is 0.242 e. The average molecular weight is 573 g/mol. The molecule has 1 N–H and O–H groups in total. The highest BCUT2D eigenvalue weighted by Crippen LogP contribution is 2.25. The number of halogens is 2. The molecule has 8 nitrogen and oxygen atoms in total. The van der Waals surface area contributed by atoms with E-state index in [0.29, 0.717) is 33.7 Å².